The normalized spacial score (nSPS) is 19.1. The number of hydrogen-bond donors (Lipinski definition) is 1. The Hall–Kier alpha value is -1.85. The lowest BCUT2D eigenvalue weighted by molar-refractivity contribution is -0.145. The van der Waals surface area contributed by atoms with Crippen molar-refractivity contribution in [2.45, 2.75) is 38.3 Å². The largest absolute Gasteiger partial charge is 0.494 e. The maximum Gasteiger partial charge on any atom is 0.320 e. The maximum absolute atomic E-state index is 11.9. The quantitative estimate of drug-likeness (QED) is 0.727. The van der Waals surface area contributed by atoms with E-state index < -0.39 is 12.0 Å². The van der Waals surface area contributed by atoms with Crippen LogP contribution in [-0.4, -0.2) is 35.2 Å². The minimum Gasteiger partial charge on any atom is -0.494 e. The third kappa shape index (κ3) is 4.27. The van der Waals surface area contributed by atoms with E-state index in [9.17, 15) is 9.90 Å². The summed E-state index contributed by atoms with van der Waals surface area (Å²) in [6, 6.07) is 15.5. The monoisotopic (exact) mass is 417 g/mol. The van der Waals surface area contributed by atoms with Gasteiger partial charge in [0.05, 0.1) is 12.6 Å². The predicted molar refractivity (Wildman–Crippen MR) is 106 cm³/mol. The fraction of sp³-hybridized carbons (Fsp3) is 0.381. The molecule has 4 nitrogen and oxygen atoms in total. The van der Waals surface area contributed by atoms with Crippen molar-refractivity contribution in [2.75, 3.05) is 13.2 Å². The van der Waals surface area contributed by atoms with Gasteiger partial charge in [-0.15, -0.1) is 0 Å². The van der Waals surface area contributed by atoms with Crippen LogP contribution in [0.25, 0.3) is 0 Å². The Bertz CT molecular complexity index is 764. The molecule has 26 heavy (non-hydrogen) atoms. The zero-order valence-electron chi connectivity index (χ0n) is 14.9. The Morgan fingerprint density at radius 3 is 2.65 bits per heavy atom. The number of piperidine rings is 1. The summed E-state index contributed by atoms with van der Waals surface area (Å²) in [5, 5.41) is 9.77. The van der Waals surface area contributed by atoms with E-state index in [1.54, 1.807) is 0 Å². The standard InChI is InChI=1S/C21H24BrNO3/c1-2-26-18-10-6-8-16(14-18)20(15-7-5-9-17(22)13-15)23-12-4-3-11-19(23)21(24)25/h5-10,13-14,19-20H,2-4,11-12H2,1H3,(H,24,25). The lowest BCUT2D eigenvalue weighted by atomic mass is 9.91. The van der Waals surface area contributed by atoms with Gasteiger partial charge < -0.3 is 9.84 Å². The minimum absolute atomic E-state index is 0.116. The van der Waals surface area contributed by atoms with Gasteiger partial charge in [0.1, 0.15) is 11.8 Å². The van der Waals surface area contributed by atoms with Crippen LogP contribution >= 0.6 is 15.9 Å². The molecule has 1 fully saturated rings. The van der Waals surface area contributed by atoms with Crippen LogP contribution in [0.3, 0.4) is 0 Å². The lowest BCUT2D eigenvalue weighted by Gasteiger charge is -2.39. The predicted octanol–water partition coefficient (Wildman–Crippen LogP) is 4.88. The molecule has 0 radical (unpaired) electrons. The molecule has 1 saturated heterocycles. The van der Waals surface area contributed by atoms with E-state index >= 15 is 0 Å². The number of benzene rings is 2. The number of nitrogens with zero attached hydrogens (tertiary/aromatic N) is 1. The van der Waals surface area contributed by atoms with Gasteiger partial charge in [0, 0.05) is 4.47 Å². The Kier molecular flexibility index (Phi) is 6.33. The molecule has 0 saturated carbocycles. The third-order valence-electron chi connectivity index (χ3n) is 4.81. The topological polar surface area (TPSA) is 49.8 Å². The molecule has 2 aromatic rings. The Morgan fingerprint density at radius 2 is 1.96 bits per heavy atom. The molecule has 2 aromatic carbocycles. The van der Waals surface area contributed by atoms with Crippen molar-refractivity contribution in [3.05, 3.63) is 64.1 Å². The van der Waals surface area contributed by atoms with Gasteiger partial charge in [0.25, 0.3) is 0 Å². The number of carbonyl (C=O) groups is 1. The number of halogens is 1. The first-order chi connectivity index (χ1) is 12.6. The molecule has 2 unspecified atom stereocenters. The molecular formula is C21H24BrNO3. The number of likely N-dealkylation sites (tertiary alicyclic amines) is 1. The first-order valence-corrected chi connectivity index (χ1v) is 9.86. The Morgan fingerprint density at radius 1 is 1.23 bits per heavy atom. The molecule has 3 rings (SSSR count). The van der Waals surface area contributed by atoms with E-state index in [1.807, 2.05) is 37.3 Å². The minimum atomic E-state index is -0.745. The van der Waals surface area contributed by atoms with E-state index in [0.29, 0.717) is 13.0 Å². The van der Waals surface area contributed by atoms with Gasteiger partial charge >= 0.3 is 5.97 Å². The summed E-state index contributed by atoms with van der Waals surface area (Å²) in [4.78, 5) is 14.0. The average Bonchev–Trinajstić information content (AvgIpc) is 2.63. The highest BCUT2D eigenvalue weighted by atomic mass is 79.9. The summed E-state index contributed by atoms with van der Waals surface area (Å²) in [6.45, 7) is 3.34. The summed E-state index contributed by atoms with van der Waals surface area (Å²) in [6.07, 6.45) is 2.65. The summed E-state index contributed by atoms with van der Waals surface area (Å²) in [7, 11) is 0. The molecule has 2 atom stereocenters. The van der Waals surface area contributed by atoms with Gasteiger partial charge in [-0.05, 0) is 61.7 Å². The number of carboxylic acid groups (broad SMARTS) is 1. The summed E-state index contributed by atoms with van der Waals surface area (Å²) in [5.74, 6) is 0.0690. The number of carboxylic acids is 1. The molecule has 1 N–H and O–H groups in total. The molecule has 0 bridgehead atoms. The van der Waals surface area contributed by atoms with Gasteiger partial charge in [0.2, 0.25) is 0 Å². The van der Waals surface area contributed by atoms with E-state index in [-0.39, 0.29) is 6.04 Å². The number of ether oxygens (including phenoxy) is 1. The molecule has 0 aromatic heterocycles. The van der Waals surface area contributed by atoms with Gasteiger partial charge in [-0.1, -0.05) is 46.6 Å². The Labute approximate surface area is 162 Å². The third-order valence-corrected chi connectivity index (χ3v) is 5.30. The molecule has 138 valence electrons. The second kappa shape index (κ2) is 8.69. The molecule has 0 aliphatic carbocycles. The first-order valence-electron chi connectivity index (χ1n) is 9.07. The van der Waals surface area contributed by atoms with Crippen LogP contribution < -0.4 is 4.74 Å². The van der Waals surface area contributed by atoms with Gasteiger partial charge in [-0.2, -0.15) is 0 Å². The summed E-state index contributed by atoms with van der Waals surface area (Å²) in [5.41, 5.74) is 2.14. The maximum atomic E-state index is 11.9. The molecule has 1 heterocycles. The SMILES string of the molecule is CCOc1cccc(C(c2cccc(Br)c2)N2CCCCC2C(=O)O)c1. The van der Waals surface area contributed by atoms with Crippen molar-refractivity contribution < 1.29 is 14.6 Å². The molecule has 1 aliphatic heterocycles. The molecular weight excluding hydrogens is 394 g/mol. The van der Waals surface area contributed by atoms with Crippen molar-refractivity contribution in [3.63, 3.8) is 0 Å². The molecule has 0 amide bonds. The first kappa shape index (κ1) is 18.9. The molecule has 1 aliphatic rings. The van der Waals surface area contributed by atoms with E-state index in [1.165, 1.54) is 0 Å². The van der Waals surface area contributed by atoms with Crippen molar-refractivity contribution in [1.82, 2.24) is 4.90 Å². The summed E-state index contributed by atoms with van der Waals surface area (Å²) < 4.78 is 6.66. The van der Waals surface area contributed by atoms with Crippen LogP contribution in [0, 0.1) is 0 Å². The number of aliphatic carboxylic acids is 1. The van der Waals surface area contributed by atoms with Crippen molar-refractivity contribution in [2.24, 2.45) is 0 Å². The average molecular weight is 418 g/mol. The van der Waals surface area contributed by atoms with Crippen LogP contribution in [0.5, 0.6) is 5.75 Å². The van der Waals surface area contributed by atoms with Crippen LogP contribution in [0.15, 0.2) is 53.0 Å². The molecule has 5 heteroatoms. The van der Waals surface area contributed by atoms with Crippen molar-refractivity contribution >= 4 is 21.9 Å². The van der Waals surface area contributed by atoms with Crippen LogP contribution in [0.1, 0.15) is 43.4 Å². The van der Waals surface area contributed by atoms with Crippen LogP contribution in [0.4, 0.5) is 0 Å². The van der Waals surface area contributed by atoms with Gasteiger partial charge in [-0.25, -0.2) is 0 Å². The number of rotatable bonds is 6. The van der Waals surface area contributed by atoms with Gasteiger partial charge in [0.15, 0.2) is 0 Å². The highest BCUT2D eigenvalue weighted by Gasteiger charge is 2.35. The van der Waals surface area contributed by atoms with Crippen LogP contribution in [0.2, 0.25) is 0 Å². The fourth-order valence-corrected chi connectivity index (χ4v) is 4.14. The smallest absolute Gasteiger partial charge is 0.320 e. The highest BCUT2D eigenvalue weighted by molar-refractivity contribution is 9.10. The molecule has 0 spiro atoms. The lowest BCUT2D eigenvalue weighted by Crippen LogP contribution is -2.46. The van der Waals surface area contributed by atoms with E-state index in [0.717, 1.165) is 40.7 Å². The van der Waals surface area contributed by atoms with E-state index in [2.05, 4.69) is 39.0 Å². The van der Waals surface area contributed by atoms with Crippen LogP contribution in [-0.2, 0) is 4.79 Å². The fourth-order valence-electron chi connectivity index (χ4n) is 3.72. The Balaban J connectivity index is 2.07. The van der Waals surface area contributed by atoms with E-state index in [4.69, 9.17) is 4.74 Å². The second-order valence-corrected chi connectivity index (χ2v) is 7.47. The zero-order chi connectivity index (χ0) is 18.5. The highest BCUT2D eigenvalue weighted by Crippen LogP contribution is 2.36. The second-order valence-electron chi connectivity index (χ2n) is 6.55. The van der Waals surface area contributed by atoms with Gasteiger partial charge in [-0.3, -0.25) is 9.69 Å². The number of hydrogen-bond acceptors (Lipinski definition) is 3. The van der Waals surface area contributed by atoms with Crippen molar-refractivity contribution in [1.29, 1.82) is 0 Å². The zero-order valence-corrected chi connectivity index (χ0v) is 16.5. The van der Waals surface area contributed by atoms with Crippen molar-refractivity contribution in [3.8, 4) is 5.75 Å². The summed E-state index contributed by atoms with van der Waals surface area (Å²) >= 11 is 3.55.